The molecule has 0 aromatic carbocycles. The minimum atomic E-state index is -4.13. The van der Waals surface area contributed by atoms with Crippen molar-refractivity contribution < 1.29 is 13.2 Å². The van der Waals surface area contributed by atoms with E-state index in [9.17, 15) is 13.2 Å². The number of halogens is 3. The van der Waals surface area contributed by atoms with Gasteiger partial charge in [0.25, 0.3) is 0 Å². The molecule has 10 heteroatoms. The lowest BCUT2D eigenvalue weighted by Gasteiger charge is -2.17. The molecule has 1 atom stereocenters. The van der Waals surface area contributed by atoms with Gasteiger partial charge in [0.2, 0.25) is 0 Å². The summed E-state index contributed by atoms with van der Waals surface area (Å²) in [6.45, 7) is 6.76. The zero-order valence-electron chi connectivity index (χ0n) is 15.4. The third-order valence-electron chi connectivity index (χ3n) is 4.28. The standard InChI is InChI=1S/C16H28F3N7/c1-3-14-24-23-12-26(14)8-6-21-15(20-4-2)22-9-13-5-7-25(10-13)11-16(17,18)19/h12-13H,3-11H2,1-2H3,(H2,20,21,22). The van der Waals surface area contributed by atoms with E-state index in [-0.39, 0.29) is 5.92 Å². The highest BCUT2D eigenvalue weighted by atomic mass is 19.4. The second kappa shape index (κ2) is 9.75. The molecule has 0 bridgehead atoms. The van der Waals surface area contributed by atoms with Crippen LogP contribution in [0, 0.1) is 5.92 Å². The molecular weight excluding hydrogens is 347 g/mol. The maximum absolute atomic E-state index is 12.5. The summed E-state index contributed by atoms with van der Waals surface area (Å²) in [5.74, 6) is 1.79. The van der Waals surface area contributed by atoms with Gasteiger partial charge in [-0.1, -0.05) is 6.92 Å². The molecule has 2 rings (SSSR count). The van der Waals surface area contributed by atoms with E-state index in [4.69, 9.17) is 0 Å². The van der Waals surface area contributed by atoms with Crippen LogP contribution < -0.4 is 10.6 Å². The molecule has 1 aromatic heterocycles. The molecule has 7 nitrogen and oxygen atoms in total. The summed E-state index contributed by atoms with van der Waals surface area (Å²) in [7, 11) is 0. The number of nitrogens with one attached hydrogen (secondary N) is 2. The Bertz CT molecular complexity index is 570. The summed E-state index contributed by atoms with van der Waals surface area (Å²) in [5, 5.41) is 14.4. The molecule has 0 saturated carbocycles. The molecule has 148 valence electrons. The number of aryl methyl sites for hydroxylation is 1. The second-order valence-electron chi connectivity index (χ2n) is 6.45. The number of guanidine groups is 1. The minimum absolute atomic E-state index is 0.164. The van der Waals surface area contributed by atoms with Crippen molar-refractivity contribution in [3.63, 3.8) is 0 Å². The molecule has 1 saturated heterocycles. The number of nitrogens with zero attached hydrogens (tertiary/aromatic N) is 5. The lowest BCUT2D eigenvalue weighted by Crippen LogP contribution is -2.39. The van der Waals surface area contributed by atoms with Gasteiger partial charge in [-0.25, -0.2) is 0 Å². The van der Waals surface area contributed by atoms with Crippen molar-refractivity contribution in [3.8, 4) is 0 Å². The van der Waals surface area contributed by atoms with Crippen molar-refractivity contribution in [2.45, 2.75) is 39.4 Å². The maximum atomic E-state index is 12.5. The summed E-state index contributed by atoms with van der Waals surface area (Å²) in [6.07, 6.45) is -0.851. The van der Waals surface area contributed by atoms with Gasteiger partial charge in [0.05, 0.1) is 6.54 Å². The minimum Gasteiger partial charge on any atom is -0.357 e. The van der Waals surface area contributed by atoms with Crippen LogP contribution in [0.4, 0.5) is 13.2 Å². The van der Waals surface area contributed by atoms with E-state index in [1.807, 2.05) is 18.4 Å². The SMILES string of the molecule is CCNC(=NCC1CCN(CC(F)(F)F)C1)NCCn1cnnc1CC. The zero-order valence-corrected chi connectivity index (χ0v) is 15.4. The summed E-state index contributed by atoms with van der Waals surface area (Å²) in [6, 6.07) is 0. The van der Waals surface area contributed by atoms with E-state index in [2.05, 4.69) is 25.8 Å². The number of hydrogen-bond donors (Lipinski definition) is 2. The molecular formula is C16H28F3N7. The number of hydrogen-bond acceptors (Lipinski definition) is 4. The van der Waals surface area contributed by atoms with Gasteiger partial charge in [-0.05, 0) is 25.8 Å². The Morgan fingerprint density at radius 2 is 2.15 bits per heavy atom. The molecule has 0 amide bonds. The molecule has 2 N–H and O–H groups in total. The van der Waals surface area contributed by atoms with Crippen LogP contribution in [0.25, 0.3) is 0 Å². The van der Waals surface area contributed by atoms with Crippen molar-refractivity contribution in [2.24, 2.45) is 10.9 Å². The number of rotatable bonds is 8. The van der Waals surface area contributed by atoms with E-state index in [1.165, 1.54) is 4.90 Å². The predicted octanol–water partition coefficient (Wildman–Crippen LogP) is 1.28. The molecule has 1 fully saturated rings. The highest BCUT2D eigenvalue weighted by Crippen LogP contribution is 2.22. The van der Waals surface area contributed by atoms with Crippen LogP contribution in [0.15, 0.2) is 11.3 Å². The molecule has 1 aliphatic heterocycles. The van der Waals surface area contributed by atoms with Crippen LogP contribution >= 0.6 is 0 Å². The first-order valence-corrected chi connectivity index (χ1v) is 9.09. The Hall–Kier alpha value is -1.84. The zero-order chi connectivity index (χ0) is 19.0. The van der Waals surface area contributed by atoms with Crippen molar-refractivity contribution >= 4 is 5.96 Å². The summed E-state index contributed by atoms with van der Waals surface area (Å²) in [5.41, 5.74) is 0. The molecule has 0 spiro atoms. The summed E-state index contributed by atoms with van der Waals surface area (Å²) in [4.78, 5) is 5.99. The molecule has 1 aliphatic rings. The van der Waals surface area contributed by atoms with Crippen molar-refractivity contribution in [2.75, 3.05) is 39.3 Å². The van der Waals surface area contributed by atoms with Gasteiger partial charge in [-0.2, -0.15) is 13.2 Å². The molecule has 2 heterocycles. The van der Waals surface area contributed by atoms with Gasteiger partial charge in [0.1, 0.15) is 12.2 Å². The third-order valence-corrected chi connectivity index (χ3v) is 4.28. The highest BCUT2D eigenvalue weighted by Gasteiger charge is 2.34. The van der Waals surface area contributed by atoms with E-state index in [0.717, 1.165) is 31.8 Å². The third kappa shape index (κ3) is 6.81. The fraction of sp³-hybridized carbons (Fsp3) is 0.812. The smallest absolute Gasteiger partial charge is 0.357 e. The van der Waals surface area contributed by atoms with Gasteiger partial charge in [-0.3, -0.25) is 9.89 Å². The summed E-state index contributed by atoms with van der Waals surface area (Å²) < 4.78 is 39.4. The van der Waals surface area contributed by atoms with E-state index >= 15 is 0 Å². The van der Waals surface area contributed by atoms with Crippen molar-refractivity contribution in [1.29, 1.82) is 0 Å². The lowest BCUT2D eigenvalue weighted by molar-refractivity contribution is -0.143. The van der Waals surface area contributed by atoms with Gasteiger partial charge in [0.15, 0.2) is 5.96 Å². The number of aromatic nitrogens is 3. The Morgan fingerprint density at radius 1 is 1.35 bits per heavy atom. The van der Waals surface area contributed by atoms with Crippen LogP contribution in [0.3, 0.4) is 0 Å². The number of aliphatic imine (C=N–C) groups is 1. The fourth-order valence-electron chi connectivity index (χ4n) is 3.06. The first-order valence-electron chi connectivity index (χ1n) is 9.09. The Kier molecular flexibility index (Phi) is 7.67. The molecule has 1 aromatic rings. The quantitative estimate of drug-likeness (QED) is 0.529. The molecule has 1 unspecified atom stereocenters. The maximum Gasteiger partial charge on any atom is 0.401 e. The van der Waals surface area contributed by atoms with Gasteiger partial charge in [0, 0.05) is 39.1 Å². The normalized spacial score (nSPS) is 19.1. The number of likely N-dealkylation sites (tertiary alicyclic amines) is 1. The Morgan fingerprint density at radius 3 is 2.85 bits per heavy atom. The van der Waals surface area contributed by atoms with E-state index < -0.39 is 12.7 Å². The van der Waals surface area contributed by atoms with Crippen molar-refractivity contribution in [1.82, 2.24) is 30.3 Å². The topological polar surface area (TPSA) is 70.4 Å². The fourth-order valence-corrected chi connectivity index (χ4v) is 3.06. The largest absolute Gasteiger partial charge is 0.401 e. The number of alkyl halides is 3. The molecule has 0 aliphatic carbocycles. The van der Waals surface area contributed by atoms with Gasteiger partial charge >= 0.3 is 6.18 Å². The highest BCUT2D eigenvalue weighted by molar-refractivity contribution is 5.79. The predicted molar refractivity (Wildman–Crippen MR) is 94.0 cm³/mol. The summed E-state index contributed by atoms with van der Waals surface area (Å²) >= 11 is 0. The van der Waals surface area contributed by atoms with Crippen LogP contribution in [-0.2, 0) is 13.0 Å². The van der Waals surface area contributed by atoms with Gasteiger partial charge < -0.3 is 15.2 Å². The van der Waals surface area contributed by atoms with E-state index in [0.29, 0.717) is 32.1 Å². The second-order valence-corrected chi connectivity index (χ2v) is 6.45. The van der Waals surface area contributed by atoms with Crippen molar-refractivity contribution in [3.05, 3.63) is 12.2 Å². The average Bonchev–Trinajstić information content (AvgIpc) is 3.20. The average molecular weight is 375 g/mol. The van der Waals surface area contributed by atoms with Crippen LogP contribution in [-0.4, -0.2) is 71.1 Å². The Balaban J connectivity index is 1.77. The molecule has 0 radical (unpaired) electrons. The Labute approximate surface area is 152 Å². The van der Waals surface area contributed by atoms with Crippen LogP contribution in [0.5, 0.6) is 0 Å². The van der Waals surface area contributed by atoms with E-state index in [1.54, 1.807) is 6.33 Å². The van der Waals surface area contributed by atoms with Gasteiger partial charge in [-0.15, -0.1) is 10.2 Å². The molecule has 26 heavy (non-hydrogen) atoms. The lowest BCUT2D eigenvalue weighted by atomic mass is 10.1. The van der Waals surface area contributed by atoms with Crippen LogP contribution in [0.1, 0.15) is 26.1 Å². The van der Waals surface area contributed by atoms with Crippen LogP contribution in [0.2, 0.25) is 0 Å². The first-order chi connectivity index (χ1) is 12.4. The first kappa shape index (κ1) is 20.5. The monoisotopic (exact) mass is 375 g/mol.